The van der Waals surface area contributed by atoms with Crippen LogP contribution in [0.4, 0.5) is 0 Å². The first-order valence-electron chi connectivity index (χ1n) is 5.84. The van der Waals surface area contributed by atoms with E-state index >= 15 is 0 Å². The minimum Gasteiger partial charge on any atom is -0.383 e. The number of nitrogens with one attached hydrogen (secondary N) is 1. The van der Waals surface area contributed by atoms with Crippen LogP contribution in [0, 0.1) is 0 Å². The van der Waals surface area contributed by atoms with Crippen LogP contribution in [-0.4, -0.2) is 24.7 Å². The van der Waals surface area contributed by atoms with Gasteiger partial charge in [0.1, 0.15) is 0 Å². The highest BCUT2D eigenvalue weighted by Gasteiger charge is 2.08. The Morgan fingerprint density at radius 1 is 1.50 bits per heavy atom. The molecule has 0 aromatic carbocycles. The van der Waals surface area contributed by atoms with Crippen molar-refractivity contribution in [2.24, 2.45) is 0 Å². The average molecular weight is 242 g/mol. The van der Waals surface area contributed by atoms with E-state index in [1.807, 2.05) is 6.20 Å². The summed E-state index contributed by atoms with van der Waals surface area (Å²) in [6.07, 6.45) is 3.07. The van der Waals surface area contributed by atoms with Gasteiger partial charge in [-0.1, -0.05) is 20.8 Å². The molecular weight excluding hydrogens is 220 g/mol. The summed E-state index contributed by atoms with van der Waals surface area (Å²) in [6.45, 7) is 8.19. The summed E-state index contributed by atoms with van der Waals surface area (Å²) >= 11 is 1.80. The molecule has 1 unspecified atom stereocenters. The van der Waals surface area contributed by atoms with Crippen molar-refractivity contribution >= 4 is 11.3 Å². The first-order valence-corrected chi connectivity index (χ1v) is 6.65. The molecule has 0 saturated carbocycles. The molecule has 0 bridgehead atoms. The second-order valence-electron chi connectivity index (χ2n) is 4.26. The Hall–Kier alpha value is -0.450. The molecule has 0 radical (unpaired) electrons. The molecule has 92 valence electrons. The monoisotopic (exact) mass is 242 g/mol. The lowest BCUT2D eigenvalue weighted by Crippen LogP contribution is -2.31. The Morgan fingerprint density at radius 2 is 2.25 bits per heavy atom. The molecule has 1 N–H and O–H groups in total. The van der Waals surface area contributed by atoms with E-state index in [0.717, 1.165) is 19.6 Å². The van der Waals surface area contributed by atoms with Gasteiger partial charge in [-0.05, 0) is 6.42 Å². The summed E-state index contributed by atoms with van der Waals surface area (Å²) < 4.78 is 5.15. The molecule has 0 amide bonds. The molecule has 16 heavy (non-hydrogen) atoms. The van der Waals surface area contributed by atoms with Gasteiger partial charge in [-0.25, -0.2) is 4.98 Å². The first kappa shape index (κ1) is 13.6. The molecule has 0 aliphatic rings. The van der Waals surface area contributed by atoms with Crippen molar-refractivity contribution in [2.45, 2.75) is 45.7 Å². The molecule has 0 aliphatic heterocycles. The number of rotatable bonds is 7. The standard InChI is InChI=1S/C12H22N2OS/c1-5-10(8-15-4)13-6-11-7-14-12(16-11)9(2)3/h7,9-10,13H,5-6,8H2,1-4H3. The van der Waals surface area contributed by atoms with E-state index in [4.69, 9.17) is 4.74 Å². The summed E-state index contributed by atoms with van der Waals surface area (Å²) in [4.78, 5) is 5.72. The highest BCUT2D eigenvalue weighted by atomic mass is 32.1. The molecule has 1 atom stereocenters. The fourth-order valence-corrected chi connectivity index (χ4v) is 2.31. The second kappa shape index (κ2) is 6.99. The topological polar surface area (TPSA) is 34.1 Å². The van der Waals surface area contributed by atoms with Crippen molar-refractivity contribution < 1.29 is 4.74 Å². The number of thiazole rings is 1. The van der Waals surface area contributed by atoms with E-state index in [2.05, 4.69) is 31.1 Å². The predicted octanol–water partition coefficient (Wildman–Crippen LogP) is 2.78. The van der Waals surface area contributed by atoms with Gasteiger partial charge in [0, 0.05) is 36.7 Å². The number of nitrogens with zero attached hydrogens (tertiary/aromatic N) is 1. The third kappa shape index (κ3) is 4.20. The van der Waals surface area contributed by atoms with Gasteiger partial charge < -0.3 is 10.1 Å². The van der Waals surface area contributed by atoms with Crippen LogP contribution in [0.1, 0.15) is 43.0 Å². The third-order valence-electron chi connectivity index (χ3n) is 2.49. The van der Waals surface area contributed by atoms with Crippen molar-refractivity contribution in [3.8, 4) is 0 Å². The minimum atomic E-state index is 0.439. The molecule has 1 rings (SSSR count). The van der Waals surface area contributed by atoms with Crippen LogP contribution in [0.3, 0.4) is 0 Å². The SMILES string of the molecule is CCC(COC)NCc1cnc(C(C)C)s1. The van der Waals surface area contributed by atoms with Crippen LogP contribution >= 0.6 is 11.3 Å². The highest BCUT2D eigenvalue weighted by molar-refractivity contribution is 7.11. The van der Waals surface area contributed by atoms with E-state index in [1.165, 1.54) is 9.88 Å². The molecule has 3 nitrogen and oxygen atoms in total. The molecule has 0 aliphatic carbocycles. The molecule has 1 aromatic heterocycles. The second-order valence-corrected chi connectivity index (χ2v) is 5.41. The lowest BCUT2D eigenvalue weighted by Gasteiger charge is -2.14. The van der Waals surface area contributed by atoms with Crippen LogP contribution in [-0.2, 0) is 11.3 Å². The molecule has 0 saturated heterocycles. The van der Waals surface area contributed by atoms with Crippen LogP contribution in [0.5, 0.6) is 0 Å². The van der Waals surface area contributed by atoms with Crippen LogP contribution in [0.25, 0.3) is 0 Å². The maximum absolute atomic E-state index is 5.15. The van der Waals surface area contributed by atoms with Crippen molar-refractivity contribution in [2.75, 3.05) is 13.7 Å². The number of methoxy groups -OCH3 is 1. The Labute approximate surface area is 102 Å². The fraction of sp³-hybridized carbons (Fsp3) is 0.750. The van der Waals surface area contributed by atoms with E-state index in [1.54, 1.807) is 18.4 Å². The summed E-state index contributed by atoms with van der Waals surface area (Å²) in [5.74, 6) is 0.527. The van der Waals surface area contributed by atoms with Crippen LogP contribution in [0.15, 0.2) is 6.20 Å². The summed E-state index contributed by atoms with van der Waals surface area (Å²) in [6, 6.07) is 0.439. The summed E-state index contributed by atoms with van der Waals surface area (Å²) in [5.41, 5.74) is 0. The molecule has 0 spiro atoms. The van der Waals surface area contributed by atoms with Gasteiger partial charge in [0.15, 0.2) is 0 Å². The van der Waals surface area contributed by atoms with Gasteiger partial charge in [0.2, 0.25) is 0 Å². The van der Waals surface area contributed by atoms with E-state index in [0.29, 0.717) is 12.0 Å². The summed E-state index contributed by atoms with van der Waals surface area (Å²) in [7, 11) is 1.74. The van der Waals surface area contributed by atoms with Gasteiger partial charge in [0.05, 0.1) is 11.6 Å². The number of ether oxygens (including phenoxy) is 1. The van der Waals surface area contributed by atoms with Gasteiger partial charge in [0.25, 0.3) is 0 Å². The van der Waals surface area contributed by atoms with E-state index < -0.39 is 0 Å². The first-order chi connectivity index (χ1) is 7.67. The van der Waals surface area contributed by atoms with E-state index in [-0.39, 0.29) is 0 Å². The highest BCUT2D eigenvalue weighted by Crippen LogP contribution is 2.20. The van der Waals surface area contributed by atoms with Gasteiger partial charge >= 0.3 is 0 Å². The van der Waals surface area contributed by atoms with Gasteiger partial charge in [-0.15, -0.1) is 11.3 Å². The Kier molecular flexibility index (Phi) is 5.95. The fourth-order valence-electron chi connectivity index (χ4n) is 1.44. The quantitative estimate of drug-likeness (QED) is 0.798. The smallest absolute Gasteiger partial charge is 0.0953 e. The average Bonchev–Trinajstić information content (AvgIpc) is 2.73. The Bertz CT molecular complexity index is 299. The van der Waals surface area contributed by atoms with Crippen molar-refractivity contribution in [3.05, 3.63) is 16.1 Å². The number of hydrogen-bond acceptors (Lipinski definition) is 4. The lowest BCUT2D eigenvalue weighted by atomic mass is 10.2. The minimum absolute atomic E-state index is 0.439. The number of hydrogen-bond donors (Lipinski definition) is 1. The van der Waals surface area contributed by atoms with Crippen LogP contribution in [0.2, 0.25) is 0 Å². The van der Waals surface area contributed by atoms with E-state index in [9.17, 15) is 0 Å². The van der Waals surface area contributed by atoms with Crippen LogP contribution < -0.4 is 5.32 Å². The van der Waals surface area contributed by atoms with Crippen molar-refractivity contribution in [3.63, 3.8) is 0 Å². The summed E-state index contributed by atoms with van der Waals surface area (Å²) in [5, 5.41) is 4.70. The normalized spacial score (nSPS) is 13.3. The van der Waals surface area contributed by atoms with Crippen molar-refractivity contribution in [1.82, 2.24) is 10.3 Å². The third-order valence-corrected chi connectivity index (χ3v) is 3.79. The maximum Gasteiger partial charge on any atom is 0.0953 e. The van der Waals surface area contributed by atoms with Gasteiger partial charge in [-0.2, -0.15) is 0 Å². The molecule has 4 heteroatoms. The lowest BCUT2D eigenvalue weighted by molar-refractivity contribution is 0.164. The maximum atomic E-state index is 5.15. The Balaban J connectivity index is 2.41. The molecule has 0 fully saturated rings. The molecule has 1 heterocycles. The van der Waals surface area contributed by atoms with Crippen molar-refractivity contribution in [1.29, 1.82) is 0 Å². The number of aromatic nitrogens is 1. The predicted molar refractivity (Wildman–Crippen MR) is 69.0 cm³/mol. The zero-order valence-electron chi connectivity index (χ0n) is 10.6. The zero-order valence-corrected chi connectivity index (χ0v) is 11.4. The van der Waals surface area contributed by atoms with Gasteiger partial charge in [-0.3, -0.25) is 0 Å². The zero-order chi connectivity index (χ0) is 12.0. The molecular formula is C12H22N2OS. The largest absolute Gasteiger partial charge is 0.383 e. The Morgan fingerprint density at radius 3 is 2.75 bits per heavy atom. The molecule has 1 aromatic rings.